The number of hydrogen-bond acceptors (Lipinski definition) is 4. The van der Waals surface area contributed by atoms with Crippen LogP contribution in [-0.2, 0) is 24.5 Å². The Kier molecular flexibility index (Phi) is 5.56. The highest BCUT2D eigenvalue weighted by Gasteiger charge is 2.56. The predicted octanol–water partition coefficient (Wildman–Crippen LogP) is 2.90. The van der Waals surface area contributed by atoms with Crippen LogP contribution in [0, 0.1) is 23.6 Å². The lowest BCUT2D eigenvalue weighted by atomic mass is 9.68. The third-order valence-electron chi connectivity index (χ3n) is 8.20. The Balaban J connectivity index is 1.47. The van der Waals surface area contributed by atoms with Crippen LogP contribution in [0.15, 0.2) is 24.3 Å². The summed E-state index contributed by atoms with van der Waals surface area (Å²) in [6.45, 7) is 1.03. The van der Waals surface area contributed by atoms with Gasteiger partial charge in [0.2, 0.25) is 17.7 Å². The summed E-state index contributed by atoms with van der Waals surface area (Å²) in [7, 11) is 1.50. The summed E-state index contributed by atoms with van der Waals surface area (Å²) < 4.78 is 20.0. The van der Waals surface area contributed by atoms with E-state index in [1.165, 1.54) is 32.4 Å². The van der Waals surface area contributed by atoms with Crippen LogP contribution < -0.4 is 0 Å². The number of methoxy groups -OCH3 is 1. The smallest absolute Gasteiger partial charge is 0.241 e. The second-order valence-electron chi connectivity index (χ2n) is 10.2. The molecule has 3 heterocycles. The average molecular weight is 443 g/mol. The lowest BCUT2D eigenvalue weighted by Crippen LogP contribution is -2.47. The average Bonchev–Trinajstić information content (AvgIpc) is 2.85. The Morgan fingerprint density at radius 1 is 1.09 bits per heavy atom. The van der Waals surface area contributed by atoms with Gasteiger partial charge in [-0.25, -0.2) is 4.39 Å². The molecule has 5 atom stereocenters. The van der Waals surface area contributed by atoms with Gasteiger partial charge in [-0.05, 0) is 55.9 Å². The van der Waals surface area contributed by atoms with E-state index in [9.17, 15) is 18.8 Å². The van der Waals surface area contributed by atoms with Gasteiger partial charge in [0.15, 0.2) is 0 Å². The normalized spacial score (nSPS) is 33.8. The van der Waals surface area contributed by atoms with Crippen LogP contribution in [0.2, 0.25) is 0 Å². The van der Waals surface area contributed by atoms with Gasteiger partial charge in [0.1, 0.15) is 5.82 Å². The molecule has 1 aromatic carbocycles. The van der Waals surface area contributed by atoms with Gasteiger partial charge in [0.25, 0.3) is 0 Å². The second kappa shape index (κ2) is 8.25. The van der Waals surface area contributed by atoms with Crippen LogP contribution in [0.25, 0.3) is 0 Å². The molecule has 2 aliphatic carbocycles. The standard InChI is InChI=1S/C25H31FN2O4/c1-32-7-6-27-22(29)13-25(24(27)31,20-4-2-3-5-21(20)26)14-23(30)28-15-18-9-16-8-17(10-18)12-19(28)11-16/h2-5,16-19H,6-15H2,1H3/t16-,17+,18?,19?,25-/m0/s1. The van der Waals surface area contributed by atoms with Gasteiger partial charge in [-0.1, -0.05) is 18.2 Å². The first-order valence-electron chi connectivity index (χ1n) is 11.8. The summed E-state index contributed by atoms with van der Waals surface area (Å²) in [5.74, 6) is 0.355. The monoisotopic (exact) mass is 442 g/mol. The number of nitrogens with zero attached hydrogens (tertiary/aromatic N) is 2. The molecule has 6 rings (SSSR count). The molecule has 5 fully saturated rings. The Hall–Kier alpha value is -2.28. The van der Waals surface area contributed by atoms with Crippen molar-refractivity contribution in [2.45, 2.75) is 56.4 Å². The van der Waals surface area contributed by atoms with Gasteiger partial charge in [0.05, 0.1) is 18.6 Å². The van der Waals surface area contributed by atoms with E-state index in [4.69, 9.17) is 4.74 Å². The van der Waals surface area contributed by atoms with Crippen molar-refractivity contribution >= 4 is 17.7 Å². The molecule has 5 aliphatic rings. The number of halogens is 1. The molecule has 0 radical (unpaired) electrons. The molecule has 3 aliphatic heterocycles. The molecular weight excluding hydrogens is 411 g/mol. The number of likely N-dealkylation sites (tertiary alicyclic amines) is 1. The Labute approximate surface area is 188 Å². The molecule has 2 unspecified atom stereocenters. The summed E-state index contributed by atoms with van der Waals surface area (Å²) in [4.78, 5) is 43.3. The highest BCUT2D eigenvalue weighted by molar-refractivity contribution is 6.10. The minimum absolute atomic E-state index is 0.107. The minimum Gasteiger partial charge on any atom is -0.383 e. The number of fused-ring (bicyclic) bond motifs is 1. The highest BCUT2D eigenvalue weighted by atomic mass is 19.1. The fourth-order valence-electron chi connectivity index (χ4n) is 6.95. The maximum Gasteiger partial charge on any atom is 0.241 e. The molecule has 3 amide bonds. The zero-order valence-electron chi connectivity index (χ0n) is 18.6. The summed E-state index contributed by atoms with van der Waals surface area (Å²) in [6, 6.07) is 6.26. The molecule has 0 spiro atoms. The Morgan fingerprint density at radius 2 is 1.78 bits per heavy atom. The third kappa shape index (κ3) is 3.54. The zero-order valence-corrected chi connectivity index (χ0v) is 18.6. The number of carbonyl (C=O) groups is 3. The van der Waals surface area contributed by atoms with Crippen molar-refractivity contribution in [2.24, 2.45) is 17.8 Å². The molecule has 2 saturated carbocycles. The molecule has 6 nitrogen and oxygen atoms in total. The summed E-state index contributed by atoms with van der Waals surface area (Å²) in [6.07, 6.45) is 5.33. The lowest BCUT2D eigenvalue weighted by molar-refractivity contribution is -0.144. The van der Waals surface area contributed by atoms with Crippen molar-refractivity contribution in [3.8, 4) is 0 Å². The number of carbonyl (C=O) groups excluding carboxylic acids is 3. The van der Waals surface area contributed by atoms with Crippen LogP contribution in [0.3, 0.4) is 0 Å². The van der Waals surface area contributed by atoms with E-state index in [2.05, 4.69) is 0 Å². The SMILES string of the molecule is COCCN1C(=O)C[C@](CC(=O)N2CC3C[C@@H]4CC2C[C@H](C3)C4)(c2ccccc2F)C1=O. The van der Waals surface area contributed by atoms with E-state index in [-0.39, 0.29) is 49.4 Å². The first-order chi connectivity index (χ1) is 15.4. The molecule has 3 saturated heterocycles. The van der Waals surface area contributed by atoms with Crippen LogP contribution in [0.4, 0.5) is 4.39 Å². The molecular formula is C25H31FN2O4. The maximum absolute atomic E-state index is 15.0. The van der Waals surface area contributed by atoms with E-state index < -0.39 is 17.1 Å². The summed E-state index contributed by atoms with van der Waals surface area (Å²) in [5.41, 5.74) is -1.34. The van der Waals surface area contributed by atoms with Crippen molar-refractivity contribution in [3.05, 3.63) is 35.6 Å². The first kappa shape index (κ1) is 21.6. The topological polar surface area (TPSA) is 66.9 Å². The summed E-state index contributed by atoms with van der Waals surface area (Å²) in [5, 5.41) is 0. The zero-order chi connectivity index (χ0) is 22.5. The van der Waals surface area contributed by atoms with E-state index in [0.29, 0.717) is 17.8 Å². The van der Waals surface area contributed by atoms with Crippen LogP contribution in [0.1, 0.15) is 50.5 Å². The van der Waals surface area contributed by atoms with E-state index in [1.807, 2.05) is 4.90 Å². The Bertz CT molecular complexity index is 922. The molecule has 0 aromatic heterocycles. The number of benzene rings is 1. The fraction of sp³-hybridized carbons (Fsp3) is 0.640. The number of amides is 3. The molecule has 0 N–H and O–H groups in total. The van der Waals surface area contributed by atoms with E-state index in [0.717, 1.165) is 24.3 Å². The number of imide groups is 1. The minimum atomic E-state index is -1.49. The second-order valence-corrected chi connectivity index (χ2v) is 10.2. The number of ether oxygens (including phenoxy) is 1. The van der Waals surface area contributed by atoms with E-state index >= 15 is 0 Å². The molecule has 7 heteroatoms. The number of hydrogen-bond donors (Lipinski definition) is 0. The van der Waals surface area contributed by atoms with Gasteiger partial charge in [-0.15, -0.1) is 0 Å². The van der Waals surface area contributed by atoms with Gasteiger partial charge in [-0.3, -0.25) is 19.3 Å². The van der Waals surface area contributed by atoms with Crippen LogP contribution in [-0.4, -0.2) is 60.4 Å². The first-order valence-corrected chi connectivity index (χ1v) is 11.8. The summed E-state index contributed by atoms with van der Waals surface area (Å²) >= 11 is 0. The largest absolute Gasteiger partial charge is 0.383 e. The quantitative estimate of drug-likeness (QED) is 0.636. The molecule has 1 aromatic rings. The molecule has 32 heavy (non-hydrogen) atoms. The third-order valence-corrected chi connectivity index (χ3v) is 8.20. The van der Waals surface area contributed by atoms with Gasteiger partial charge in [-0.2, -0.15) is 0 Å². The predicted molar refractivity (Wildman–Crippen MR) is 115 cm³/mol. The van der Waals surface area contributed by atoms with Crippen LogP contribution >= 0.6 is 0 Å². The van der Waals surface area contributed by atoms with Crippen LogP contribution in [0.5, 0.6) is 0 Å². The lowest BCUT2D eigenvalue weighted by Gasteiger charge is -2.39. The maximum atomic E-state index is 15.0. The highest BCUT2D eigenvalue weighted by Crippen LogP contribution is 2.48. The van der Waals surface area contributed by atoms with Crippen molar-refractivity contribution in [1.82, 2.24) is 9.80 Å². The van der Waals surface area contributed by atoms with Gasteiger partial charge in [0, 0.05) is 38.1 Å². The fourth-order valence-corrected chi connectivity index (χ4v) is 6.95. The van der Waals surface area contributed by atoms with Crippen molar-refractivity contribution in [2.75, 3.05) is 26.8 Å². The van der Waals surface area contributed by atoms with Gasteiger partial charge < -0.3 is 9.64 Å². The number of rotatable bonds is 6. The van der Waals surface area contributed by atoms with Crippen molar-refractivity contribution in [3.63, 3.8) is 0 Å². The molecule has 4 bridgehead atoms. The molecule has 172 valence electrons. The van der Waals surface area contributed by atoms with Gasteiger partial charge >= 0.3 is 0 Å². The van der Waals surface area contributed by atoms with Crippen molar-refractivity contribution in [1.29, 1.82) is 0 Å². The Morgan fingerprint density at radius 3 is 2.47 bits per heavy atom. The van der Waals surface area contributed by atoms with Crippen molar-refractivity contribution < 1.29 is 23.5 Å². The van der Waals surface area contributed by atoms with E-state index in [1.54, 1.807) is 18.2 Å².